The van der Waals surface area contributed by atoms with E-state index in [4.69, 9.17) is 0 Å². The van der Waals surface area contributed by atoms with E-state index in [0.29, 0.717) is 17.5 Å². The summed E-state index contributed by atoms with van der Waals surface area (Å²) >= 11 is 2.73. The average Bonchev–Trinajstić information content (AvgIpc) is 3.00. The molecule has 0 aromatic rings. The number of hydrogen-bond donors (Lipinski definition) is 1. The summed E-state index contributed by atoms with van der Waals surface area (Å²) in [7, 11) is 0. The lowest BCUT2D eigenvalue weighted by Gasteiger charge is -2.13. The molecule has 0 bridgehead atoms. The van der Waals surface area contributed by atoms with Crippen LogP contribution in [-0.2, 0) is 9.59 Å². The molecule has 1 aliphatic carbocycles. The smallest absolute Gasteiger partial charge is 0.288 e. The van der Waals surface area contributed by atoms with E-state index in [1.807, 2.05) is 0 Å². The van der Waals surface area contributed by atoms with E-state index >= 15 is 0 Å². The standard InChI is InChI=1S/C12H18N2O3S2/c15-10(7-18-9-3-1-2-4-9)13-5-6-14-11(16)8-19-12(14)17/h9H,1-8H2,(H,13,15). The van der Waals surface area contributed by atoms with Crippen molar-refractivity contribution in [1.29, 1.82) is 0 Å². The third-order valence-electron chi connectivity index (χ3n) is 3.25. The van der Waals surface area contributed by atoms with Crippen LogP contribution in [0.4, 0.5) is 4.79 Å². The predicted octanol–water partition coefficient (Wildman–Crippen LogP) is 1.47. The molecule has 2 fully saturated rings. The van der Waals surface area contributed by atoms with Crippen molar-refractivity contribution in [2.45, 2.75) is 30.9 Å². The summed E-state index contributed by atoms with van der Waals surface area (Å²) in [6.45, 7) is 0.632. The molecule has 5 nitrogen and oxygen atoms in total. The average molecular weight is 302 g/mol. The summed E-state index contributed by atoms with van der Waals surface area (Å²) in [6, 6.07) is 0. The Balaban J connectivity index is 1.58. The SMILES string of the molecule is O=C(CSC1CCCC1)NCCN1C(=O)CSC1=O. The number of nitrogens with one attached hydrogen (secondary N) is 1. The molecule has 2 rings (SSSR count). The summed E-state index contributed by atoms with van der Waals surface area (Å²) < 4.78 is 0. The van der Waals surface area contributed by atoms with Gasteiger partial charge in [-0.25, -0.2) is 0 Å². The van der Waals surface area contributed by atoms with Gasteiger partial charge in [-0.15, -0.1) is 11.8 Å². The van der Waals surface area contributed by atoms with E-state index in [1.165, 1.54) is 30.6 Å². The number of carbonyl (C=O) groups excluding carboxylic acids is 3. The van der Waals surface area contributed by atoms with Crippen LogP contribution in [0.25, 0.3) is 0 Å². The molecule has 0 atom stereocenters. The second-order valence-corrected chi connectivity index (χ2v) is 6.88. The fraction of sp³-hybridized carbons (Fsp3) is 0.750. The van der Waals surface area contributed by atoms with Gasteiger partial charge in [0.25, 0.3) is 5.24 Å². The minimum Gasteiger partial charge on any atom is -0.354 e. The van der Waals surface area contributed by atoms with Crippen LogP contribution in [0.3, 0.4) is 0 Å². The predicted molar refractivity (Wildman–Crippen MR) is 77.3 cm³/mol. The summed E-state index contributed by atoms with van der Waals surface area (Å²) in [4.78, 5) is 35.5. The molecule has 1 saturated carbocycles. The lowest BCUT2D eigenvalue weighted by Crippen LogP contribution is -2.38. The van der Waals surface area contributed by atoms with Crippen LogP contribution in [0, 0.1) is 0 Å². The van der Waals surface area contributed by atoms with Gasteiger partial charge in [0.15, 0.2) is 0 Å². The molecule has 19 heavy (non-hydrogen) atoms. The van der Waals surface area contributed by atoms with Crippen LogP contribution in [0.1, 0.15) is 25.7 Å². The van der Waals surface area contributed by atoms with Crippen LogP contribution in [0.2, 0.25) is 0 Å². The number of imide groups is 1. The molecule has 106 valence electrons. The van der Waals surface area contributed by atoms with Gasteiger partial charge >= 0.3 is 0 Å². The van der Waals surface area contributed by atoms with Crippen molar-refractivity contribution in [2.24, 2.45) is 0 Å². The zero-order chi connectivity index (χ0) is 13.7. The Hall–Kier alpha value is -0.690. The monoisotopic (exact) mass is 302 g/mol. The largest absolute Gasteiger partial charge is 0.354 e. The Morgan fingerprint density at radius 1 is 1.37 bits per heavy atom. The highest BCUT2D eigenvalue weighted by Gasteiger charge is 2.29. The number of thioether (sulfide) groups is 2. The number of hydrogen-bond acceptors (Lipinski definition) is 5. The third kappa shape index (κ3) is 4.42. The Morgan fingerprint density at radius 3 is 2.74 bits per heavy atom. The summed E-state index contributed by atoms with van der Waals surface area (Å²) in [5.41, 5.74) is 0. The minimum atomic E-state index is -0.209. The van der Waals surface area contributed by atoms with Gasteiger partial charge in [0.05, 0.1) is 11.5 Å². The number of carbonyl (C=O) groups is 3. The molecule has 0 aromatic carbocycles. The maximum absolute atomic E-state index is 11.6. The Bertz CT molecular complexity index is 354. The first-order valence-corrected chi connectivity index (χ1v) is 8.55. The molecular weight excluding hydrogens is 284 g/mol. The molecule has 0 radical (unpaired) electrons. The summed E-state index contributed by atoms with van der Waals surface area (Å²) in [5, 5.41) is 3.18. The van der Waals surface area contributed by atoms with Crippen LogP contribution in [0.15, 0.2) is 0 Å². The van der Waals surface area contributed by atoms with Crippen molar-refractivity contribution in [3.63, 3.8) is 0 Å². The van der Waals surface area contributed by atoms with Gasteiger partial charge in [0.1, 0.15) is 0 Å². The fourth-order valence-electron chi connectivity index (χ4n) is 2.20. The van der Waals surface area contributed by atoms with Gasteiger partial charge in [-0.1, -0.05) is 24.6 Å². The maximum atomic E-state index is 11.6. The molecule has 0 aromatic heterocycles. The number of rotatable bonds is 6. The minimum absolute atomic E-state index is 0.0105. The highest BCUT2D eigenvalue weighted by molar-refractivity contribution is 8.14. The third-order valence-corrected chi connectivity index (χ3v) is 5.48. The topological polar surface area (TPSA) is 66.5 Å². The van der Waals surface area contributed by atoms with Crippen LogP contribution < -0.4 is 5.32 Å². The van der Waals surface area contributed by atoms with Gasteiger partial charge < -0.3 is 5.32 Å². The van der Waals surface area contributed by atoms with Gasteiger partial charge in [0.2, 0.25) is 11.8 Å². The molecule has 0 spiro atoms. The van der Waals surface area contributed by atoms with Crippen LogP contribution in [0.5, 0.6) is 0 Å². The van der Waals surface area contributed by atoms with Crippen molar-refractivity contribution in [2.75, 3.05) is 24.6 Å². The first-order valence-electron chi connectivity index (χ1n) is 6.52. The van der Waals surface area contributed by atoms with Crippen LogP contribution >= 0.6 is 23.5 Å². The molecule has 7 heteroatoms. The molecule has 0 unspecified atom stereocenters. The Labute approximate surface area is 121 Å². The molecule has 2 aliphatic rings. The van der Waals surface area contributed by atoms with E-state index in [1.54, 1.807) is 11.8 Å². The van der Waals surface area contributed by atoms with Crippen molar-refractivity contribution in [3.8, 4) is 0 Å². The van der Waals surface area contributed by atoms with Gasteiger partial charge in [-0.05, 0) is 12.8 Å². The zero-order valence-electron chi connectivity index (χ0n) is 10.7. The second kappa shape index (κ2) is 7.19. The normalized spacial score (nSPS) is 20.3. The van der Waals surface area contributed by atoms with Crippen molar-refractivity contribution < 1.29 is 14.4 Å². The van der Waals surface area contributed by atoms with Crippen molar-refractivity contribution in [3.05, 3.63) is 0 Å². The van der Waals surface area contributed by atoms with E-state index in [2.05, 4.69) is 5.32 Å². The zero-order valence-corrected chi connectivity index (χ0v) is 12.4. The highest BCUT2D eigenvalue weighted by Crippen LogP contribution is 2.29. The first-order chi connectivity index (χ1) is 9.16. The van der Waals surface area contributed by atoms with Crippen LogP contribution in [-0.4, -0.2) is 51.8 Å². The van der Waals surface area contributed by atoms with Gasteiger partial charge in [0, 0.05) is 18.3 Å². The van der Waals surface area contributed by atoms with Crippen molar-refractivity contribution in [1.82, 2.24) is 10.2 Å². The maximum Gasteiger partial charge on any atom is 0.288 e. The Kier molecular flexibility index (Phi) is 5.57. The van der Waals surface area contributed by atoms with E-state index in [9.17, 15) is 14.4 Å². The number of amides is 3. The Morgan fingerprint density at radius 2 is 2.11 bits per heavy atom. The second-order valence-electron chi connectivity index (χ2n) is 4.67. The van der Waals surface area contributed by atoms with Gasteiger partial charge in [-0.3, -0.25) is 19.3 Å². The van der Waals surface area contributed by atoms with E-state index in [-0.39, 0.29) is 29.4 Å². The van der Waals surface area contributed by atoms with Crippen molar-refractivity contribution >= 4 is 40.6 Å². The molecule has 1 heterocycles. The van der Waals surface area contributed by atoms with Gasteiger partial charge in [-0.2, -0.15) is 0 Å². The number of nitrogens with zero attached hydrogens (tertiary/aromatic N) is 1. The van der Waals surface area contributed by atoms with E-state index in [0.717, 1.165) is 11.8 Å². The lowest BCUT2D eigenvalue weighted by atomic mass is 10.4. The lowest BCUT2D eigenvalue weighted by molar-refractivity contribution is -0.125. The summed E-state index contributed by atoms with van der Waals surface area (Å²) in [6.07, 6.45) is 4.98. The molecule has 3 amide bonds. The quantitative estimate of drug-likeness (QED) is 0.805. The summed E-state index contributed by atoms with van der Waals surface area (Å²) in [5.74, 6) is 0.527. The van der Waals surface area contributed by atoms with E-state index < -0.39 is 0 Å². The fourth-order valence-corrected chi connectivity index (χ4v) is 4.11. The molecule has 1 N–H and O–H groups in total. The highest BCUT2D eigenvalue weighted by atomic mass is 32.2. The molecular formula is C12H18N2O3S2. The molecule has 1 saturated heterocycles. The first kappa shape index (κ1) is 14.7. The molecule has 1 aliphatic heterocycles.